The fourth-order valence-electron chi connectivity index (χ4n) is 19.7. The van der Waals surface area contributed by atoms with Gasteiger partial charge in [-0.25, -0.2) is 24.9 Å². The standard InChI is InChI=1S/C32H34N6O3.C30H32N6O2.C27H29N7O2.C27H29N5O.4H2/c1-22(2)3-4-25-19-27-20-34-32(35-28-7-5-23(6-8-28)24-9-12-33-13-10-24)36-29(27)38(30(25)39)21-26-11-16-41-31(26)37-14-17-40-18-15-37;1-20-26(18-33-38-20)19-36-28-25(15-23(29(36)37)9-8-21-5-2-3-6-21)17-32-30(35-28)34-27-12-10-22(11-13-27)24-7-4-14-31-16-24;1-3-36-13-10-21-14-22-15-30-27(31-23-6-4-19(5-7-23)20-8-11-28-12-9-20)32-25(22)34(26(21)35)17-24-16-29-18-33(24)2;1-3-32-25-23(16-21(26(32)33)9-8-19-6-4-5-7-19)17-28-27(30-25)29-24-12-10-20(11-13-24)22-14-15-31(2)18-22;;;;/h5-9,11,16,19-20,22,33H,10,12-15,17-18,21H2,1-2H3,(H,34,35,36);10-13,15,17-18,21,24,31H,2-7,14,16,19H2,1H3,(H,32,34,35);4-7,14-16,18,20,28H,3,8-9,11-12,17H2,1-2H3,(H,30,31,32);6,10-13,16-17,22H,3-5,7,14-15,18H2,1-2H3,(H,28,29,30);4*1H. The van der Waals surface area contributed by atoms with Gasteiger partial charge in [-0.3, -0.25) is 37.4 Å². The first-order valence-electron chi connectivity index (χ1n) is 51.6. The molecular formula is C116H132N24O8. The number of benzene rings is 4. The number of allylic oxidation sites excluding steroid dienone is 2. The maximum atomic E-state index is 13.8. The normalized spacial score (nSPS) is 16.3. The molecule has 5 aliphatic heterocycles. The third-order valence-electron chi connectivity index (χ3n) is 28.0. The SMILES string of the molecule is CC(C)C#Cc1cc2cnc(Nc3ccc(C4=CCNCC4)cc3)nc2n(Cc2ccoc2N2CCOCC2)c1=O.CCOC#Cc1cc2cnc(Nc3ccc(C4CCNCC4)cc3)nc2n(Cc2cncn2C)c1=O.CCn1c(=O)c(C#CC2=CCCC2)cc2cnc(Nc3ccc(C4CCN(C)C4)cc3)nc21.Cc1oncc1Cn1c(=O)c(C#CC2CCCC2)cc2cnc(Nc3ccc(C4CCCNC4)cc3)nc21.[HH].[HH].[HH].[HH]. The smallest absolute Gasteiger partial charge is 0.268 e. The molecule has 32 heteroatoms. The summed E-state index contributed by atoms with van der Waals surface area (Å²) in [6.45, 7) is 22.7. The van der Waals surface area contributed by atoms with Crippen LogP contribution >= 0.6 is 0 Å². The number of hydrogen-bond donors (Lipinski definition) is 7. The van der Waals surface area contributed by atoms with Gasteiger partial charge in [0.2, 0.25) is 23.8 Å². The summed E-state index contributed by atoms with van der Waals surface area (Å²) in [6.07, 6.45) is 35.5. The van der Waals surface area contributed by atoms with Crippen molar-refractivity contribution >= 4 is 102 Å². The molecular weight excluding hydrogens is 1860 g/mol. The number of ether oxygens (including phenoxy) is 2. The van der Waals surface area contributed by atoms with Gasteiger partial charge in [-0.1, -0.05) is 128 Å². The van der Waals surface area contributed by atoms with Gasteiger partial charge < -0.3 is 70.0 Å². The van der Waals surface area contributed by atoms with Crippen LogP contribution in [0.1, 0.15) is 202 Å². The van der Waals surface area contributed by atoms with Crippen LogP contribution in [-0.2, 0) is 42.7 Å². The minimum absolute atomic E-state index is 0. The van der Waals surface area contributed by atoms with Crippen LogP contribution in [-0.4, -0.2) is 170 Å². The Kier molecular flexibility index (Phi) is 32.6. The molecule has 0 radical (unpaired) electrons. The Labute approximate surface area is 865 Å². The Bertz CT molecular complexity index is 7910. The summed E-state index contributed by atoms with van der Waals surface area (Å²) >= 11 is 0. The van der Waals surface area contributed by atoms with E-state index < -0.39 is 0 Å². The predicted molar refractivity (Wildman–Crippen MR) is 590 cm³/mol. The lowest BCUT2D eigenvalue weighted by Crippen LogP contribution is -2.36. The molecule has 7 aliphatic rings. The van der Waals surface area contributed by atoms with Crippen molar-refractivity contribution in [1.82, 2.24) is 93.7 Å². The zero-order valence-corrected chi connectivity index (χ0v) is 84.9. The first kappa shape index (κ1) is 101. The molecule has 32 nitrogen and oxygen atoms in total. The molecule has 7 N–H and O–H groups in total. The Morgan fingerprint density at radius 1 is 0.507 bits per heavy atom. The van der Waals surface area contributed by atoms with Gasteiger partial charge in [0.15, 0.2) is 5.88 Å². The van der Waals surface area contributed by atoms with Crippen molar-refractivity contribution in [2.75, 3.05) is 118 Å². The molecule has 2 atom stereocenters. The first-order chi connectivity index (χ1) is 72.4. The number of morpholine rings is 1. The molecule has 764 valence electrons. The number of rotatable bonds is 21. The van der Waals surface area contributed by atoms with E-state index in [1.165, 1.54) is 59.9 Å². The number of likely N-dealkylation sites (N-methyl/N-ethyl adjacent to an activating group) is 1. The number of fused-ring (bicyclic) bond motifs is 4. The zero-order valence-electron chi connectivity index (χ0n) is 84.9. The van der Waals surface area contributed by atoms with Gasteiger partial charge in [0.25, 0.3) is 22.2 Å². The van der Waals surface area contributed by atoms with Crippen molar-refractivity contribution in [3.8, 4) is 47.5 Å². The molecule has 0 spiro atoms. The fourth-order valence-corrected chi connectivity index (χ4v) is 19.7. The number of nitrogens with zero attached hydrogens (tertiary/aromatic N) is 17. The van der Waals surface area contributed by atoms with Crippen LogP contribution in [0.4, 0.5) is 52.4 Å². The highest BCUT2D eigenvalue weighted by Gasteiger charge is 2.27. The van der Waals surface area contributed by atoms with E-state index in [4.69, 9.17) is 33.4 Å². The minimum Gasteiger partial charge on any atom is -0.448 e. The molecule has 22 rings (SSSR count). The molecule has 0 amide bonds. The van der Waals surface area contributed by atoms with Crippen molar-refractivity contribution in [3.63, 3.8) is 0 Å². The predicted octanol–water partition coefficient (Wildman–Crippen LogP) is 17.8. The molecule has 4 saturated heterocycles. The number of likely N-dealkylation sites (tertiary alicyclic amines) is 1. The van der Waals surface area contributed by atoms with Crippen LogP contribution in [0.5, 0.6) is 0 Å². The number of piperidine rings is 2. The van der Waals surface area contributed by atoms with Gasteiger partial charge in [-0.2, -0.15) is 19.9 Å². The van der Waals surface area contributed by atoms with E-state index in [9.17, 15) is 19.2 Å². The van der Waals surface area contributed by atoms with Crippen LogP contribution in [0.3, 0.4) is 0 Å². The van der Waals surface area contributed by atoms with Crippen LogP contribution in [0.2, 0.25) is 0 Å². The second kappa shape index (κ2) is 47.9. The summed E-state index contributed by atoms with van der Waals surface area (Å²) in [5.41, 5.74) is 17.2. The summed E-state index contributed by atoms with van der Waals surface area (Å²) in [4.78, 5) is 99.5. The van der Waals surface area contributed by atoms with Gasteiger partial charge in [0, 0.05) is 150 Å². The quantitative estimate of drug-likeness (QED) is 0.0329. The molecule has 1 saturated carbocycles. The molecule has 4 aromatic carbocycles. The van der Waals surface area contributed by atoms with Gasteiger partial charge in [0.05, 0.1) is 86.2 Å². The van der Waals surface area contributed by atoms with Crippen molar-refractivity contribution in [2.24, 2.45) is 18.9 Å². The highest BCUT2D eigenvalue weighted by Crippen LogP contribution is 2.35. The average molecular weight is 1990 g/mol. The number of pyridine rings is 4. The Balaban J connectivity index is 0.000000150. The number of anilines is 9. The van der Waals surface area contributed by atoms with Gasteiger partial charge in [-0.05, 0) is 267 Å². The van der Waals surface area contributed by atoms with Crippen molar-refractivity contribution in [2.45, 2.75) is 162 Å². The summed E-state index contributed by atoms with van der Waals surface area (Å²) in [7, 11) is 4.06. The molecule has 15 aromatic rings. The number of hydrogen-bond acceptors (Lipinski definition) is 27. The van der Waals surface area contributed by atoms with E-state index in [2.05, 4.69) is 234 Å². The first-order valence-corrected chi connectivity index (χ1v) is 51.6. The van der Waals surface area contributed by atoms with Crippen LogP contribution in [0.15, 0.2) is 223 Å². The fraction of sp³-hybridized carbons (Fsp3) is 0.362. The lowest BCUT2D eigenvalue weighted by atomic mass is 9.90. The largest absolute Gasteiger partial charge is 0.448 e. The van der Waals surface area contributed by atoms with Crippen molar-refractivity contribution in [3.05, 3.63) is 303 Å². The van der Waals surface area contributed by atoms with E-state index in [1.807, 2.05) is 76.6 Å². The summed E-state index contributed by atoms with van der Waals surface area (Å²) in [6, 6.07) is 42.7. The number of aromatic nitrogens is 15. The van der Waals surface area contributed by atoms with Gasteiger partial charge in [-0.15, -0.1) is 0 Å². The second-order valence-corrected chi connectivity index (χ2v) is 38.7. The van der Waals surface area contributed by atoms with E-state index in [0.717, 1.165) is 184 Å². The summed E-state index contributed by atoms with van der Waals surface area (Å²) in [5.74, 6) is 27.2. The lowest BCUT2D eigenvalue weighted by molar-refractivity contribution is 0.120. The van der Waals surface area contributed by atoms with Crippen LogP contribution < -0.4 is 64.4 Å². The molecule has 0 bridgehead atoms. The number of nitrogens with one attached hydrogen (secondary N) is 7. The maximum absolute atomic E-state index is 13.8. The van der Waals surface area contributed by atoms with Crippen LogP contribution in [0.25, 0.3) is 49.7 Å². The number of furan rings is 1. The molecule has 5 fully saturated rings. The van der Waals surface area contributed by atoms with E-state index in [1.54, 1.807) is 80.2 Å². The lowest BCUT2D eigenvalue weighted by Gasteiger charge is -2.27. The number of imidazole rings is 1. The minimum atomic E-state index is -0.244. The molecule has 16 heterocycles. The van der Waals surface area contributed by atoms with Crippen LogP contribution in [0, 0.1) is 66.3 Å². The Morgan fingerprint density at radius 2 is 1.05 bits per heavy atom. The van der Waals surface area contributed by atoms with E-state index >= 15 is 0 Å². The molecule has 11 aromatic heterocycles. The number of aryl methyl sites for hydroxylation is 3. The van der Waals surface area contributed by atoms with E-state index in [0.29, 0.717) is 149 Å². The summed E-state index contributed by atoms with van der Waals surface area (Å²) in [5, 5.41) is 30.3. The third-order valence-corrected chi connectivity index (χ3v) is 28.0. The molecule has 2 unspecified atom stereocenters. The van der Waals surface area contributed by atoms with Gasteiger partial charge >= 0.3 is 0 Å². The van der Waals surface area contributed by atoms with Crippen molar-refractivity contribution in [1.29, 1.82) is 0 Å². The van der Waals surface area contributed by atoms with Crippen molar-refractivity contribution < 1.29 is 24.1 Å². The second-order valence-electron chi connectivity index (χ2n) is 38.7. The summed E-state index contributed by atoms with van der Waals surface area (Å²) < 4.78 is 30.2. The third kappa shape index (κ3) is 24.9. The average Bonchev–Trinajstić information content (AvgIpc) is 1.21. The van der Waals surface area contributed by atoms with E-state index in [-0.39, 0.29) is 33.9 Å². The monoisotopic (exact) mass is 1990 g/mol. The Morgan fingerprint density at radius 3 is 1.55 bits per heavy atom. The zero-order chi connectivity index (χ0) is 102. The maximum Gasteiger partial charge on any atom is 0.268 e. The molecule has 2 aliphatic carbocycles. The van der Waals surface area contributed by atoms with Gasteiger partial charge in [0.1, 0.15) is 34.5 Å². The molecule has 148 heavy (non-hydrogen) atoms. The topological polar surface area (TPSA) is 357 Å². The Hall–Kier alpha value is -15.9. The highest BCUT2D eigenvalue weighted by molar-refractivity contribution is 5.82. The highest BCUT2D eigenvalue weighted by atomic mass is 16.5.